The van der Waals surface area contributed by atoms with Gasteiger partial charge in [-0.25, -0.2) is 0 Å². The lowest BCUT2D eigenvalue weighted by molar-refractivity contribution is -0.133. The molecule has 1 saturated carbocycles. The monoisotopic (exact) mass is 252 g/mol. The van der Waals surface area contributed by atoms with Crippen LogP contribution in [0.2, 0.25) is 0 Å². The van der Waals surface area contributed by atoms with E-state index in [-0.39, 0.29) is 5.54 Å². The first kappa shape index (κ1) is 13.9. The third kappa shape index (κ3) is 2.42. The molecule has 1 saturated heterocycles. The van der Waals surface area contributed by atoms with Gasteiger partial charge in [-0.1, -0.05) is 40.5 Å². The van der Waals surface area contributed by atoms with E-state index in [4.69, 9.17) is 0 Å². The van der Waals surface area contributed by atoms with Crippen molar-refractivity contribution in [2.24, 2.45) is 17.8 Å². The lowest BCUT2D eigenvalue weighted by Crippen LogP contribution is -2.44. The van der Waals surface area contributed by atoms with Crippen LogP contribution in [0.4, 0.5) is 0 Å². The van der Waals surface area contributed by atoms with Gasteiger partial charge in [0.15, 0.2) is 0 Å². The van der Waals surface area contributed by atoms with Gasteiger partial charge in [0.2, 0.25) is 5.91 Å². The van der Waals surface area contributed by atoms with E-state index in [1.807, 2.05) is 0 Å². The molecule has 0 atom stereocenters. The molecular formula is C15H28N2O. The standard InChI is InChI=1S/C15H28N2O/c1-11(2)13(12(3)4)9-17-10-16-15(14(17)18)7-5-6-8-15/h11-13,16H,5-10H2,1-4H3. The number of carbonyl (C=O) groups is 1. The summed E-state index contributed by atoms with van der Waals surface area (Å²) in [4.78, 5) is 14.6. The second kappa shape index (κ2) is 5.20. The van der Waals surface area contributed by atoms with Gasteiger partial charge in [0.1, 0.15) is 0 Å². The van der Waals surface area contributed by atoms with Gasteiger partial charge in [-0.05, 0) is 30.6 Å². The molecule has 2 aliphatic rings. The van der Waals surface area contributed by atoms with E-state index in [2.05, 4.69) is 37.9 Å². The van der Waals surface area contributed by atoms with E-state index < -0.39 is 0 Å². The van der Waals surface area contributed by atoms with Crippen LogP contribution in [-0.4, -0.2) is 29.6 Å². The number of carbonyl (C=O) groups excluding carboxylic acids is 1. The van der Waals surface area contributed by atoms with Crippen molar-refractivity contribution in [1.82, 2.24) is 10.2 Å². The Labute approximate surface area is 111 Å². The van der Waals surface area contributed by atoms with Crippen molar-refractivity contribution in [3.63, 3.8) is 0 Å². The normalized spacial score (nSPS) is 23.3. The quantitative estimate of drug-likeness (QED) is 0.834. The second-order valence-corrected chi connectivity index (χ2v) is 6.80. The number of nitrogens with zero attached hydrogens (tertiary/aromatic N) is 1. The molecule has 1 aliphatic carbocycles. The van der Waals surface area contributed by atoms with E-state index in [0.29, 0.717) is 23.7 Å². The molecule has 0 aromatic rings. The molecular weight excluding hydrogens is 224 g/mol. The molecule has 18 heavy (non-hydrogen) atoms. The molecule has 0 aromatic heterocycles. The Morgan fingerprint density at radius 3 is 2.22 bits per heavy atom. The number of hydrogen-bond donors (Lipinski definition) is 1. The summed E-state index contributed by atoms with van der Waals surface area (Å²) in [6.07, 6.45) is 4.47. The molecule has 1 heterocycles. The Hall–Kier alpha value is -0.570. The Kier molecular flexibility index (Phi) is 4.00. The number of hydrogen-bond acceptors (Lipinski definition) is 2. The minimum absolute atomic E-state index is 0.182. The maximum atomic E-state index is 12.6. The molecule has 2 rings (SSSR count). The first-order chi connectivity index (χ1) is 8.46. The molecule has 3 nitrogen and oxygen atoms in total. The minimum atomic E-state index is -0.182. The maximum Gasteiger partial charge on any atom is 0.243 e. The van der Waals surface area contributed by atoms with Gasteiger partial charge >= 0.3 is 0 Å². The van der Waals surface area contributed by atoms with Crippen molar-refractivity contribution in [2.45, 2.75) is 58.9 Å². The van der Waals surface area contributed by atoms with Crippen molar-refractivity contribution in [1.29, 1.82) is 0 Å². The SMILES string of the molecule is CC(C)C(CN1CNC2(CCCC2)C1=O)C(C)C. The zero-order valence-corrected chi connectivity index (χ0v) is 12.3. The summed E-state index contributed by atoms with van der Waals surface area (Å²) in [5.41, 5.74) is -0.182. The first-order valence-electron chi connectivity index (χ1n) is 7.51. The van der Waals surface area contributed by atoms with E-state index in [9.17, 15) is 4.79 Å². The highest BCUT2D eigenvalue weighted by Crippen LogP contribution is 2.35. The summed E-state index contributed by atoms with van der Waals surface area (Å²) in [6.45, 7) is 10.7. The van der Waals surface area contributed by atoms with Crippen molar-refractivity contribution in [3.05, 3.63) is 0 Å². The fraction of sp³-hybridized carbons (Fsp3) is 0.933. The summed E-state index contributed by atoms with van der Waals surface area (Å²) in [5, 5.41) is 3.49. The van der Waals surface area contributed by atoms with Crippen LogP contribution in [0, 0.1) is 17.8 Å². The van der Waals surface area contributed by atoms with Gasteiger partial charge in [-0.3, -0.25) is 10.1 Å². The second-order valence-electron chi connectivity index (χ2n) is 6.80. The lowest BCUT2D eigenvalue weighted by atomic mass is 9.85. The molecule has 2 fully saturated rings. The summed E-state index contributed by atoms with van der Waals surface area (Å²) in [6, 6.07) is 0. The zero-order valence-electron chi connectivity index (χ0n) is 12.3. The largest absolute Gasteiger partial charge is 0.328 e. The van der Waals surface area contributed by atoms with Crippen LogP contribution < -0.4 is 5.32 Å². The summed E-state index contributed by atoms with van der Waals surface area (Å²) in [5.74, 6) is 2.24. The molecule has 1 aliphatic heterocycles. The van der Waals surface area contributed by atoms with Gasteiger partial charge in [0.25, 0.3) is 0 Å². The number of rotatable bonds is 4. The Morgan fingerprint density at radius 1 is 1.17 bits per heavy atom. The van der Waals surface area contributed by atoms with Crippen LogP contribution in [0.15, 0.2) is 0 Å². The molecule has 1 spiro atoms. The van der Waals surface area contributed by atoms with E-state index in [0.717, 1.165) is 26.1 Å². The topological polar surface area (TPSA) is 32.3 Å². The molecule has 0 unspecified atom stereocenters. The van der Waals surface area contributed by atoms with Gasteiger partial charge in [-0.15, -0.1) is 0 Å². The molecule has 0 aromatic carbocycles. The van der Waals surface area contributed by atoms with Crippen molar-refractivity contribution in [2.75, 3.05) is 13.2 Å². The summed E-state index contributed by atoms with van der Waals surface area (Å²) < 4.78 is 0. The molecule has 1 amide bonds. The van der Waals surface area contributed by atoms with Gasteiger partial charge in [-0.2, -0.15) is 0 Å². The van der Waals surface area contributed by atoms with Gasteiger partial charge in [0, 0.05) is 6.54 Å². The summed E-state index contributed by atoms with van der Waals surface area (Å²) >= 11 is 0. The van der Waals surface area contributed by atoms with E-state index in [1.54, 1.807) is 0 Å². The fourth-order valence-electron chi connectivity index (χ4n) is 3.66. The Morgan fingerprint density at radius 2 is 1.72 bits per heavy atom. The fourth-order valence-corrected chi connectivity index (χ4v) is 3.66. The van der Waals surface area contributed by atoms with Crippen LogP contribution >= 0.6 is 0 Å². The molecule has 0 radical (unpaired) electrons. The molecule has 0 bridgehead atoms. The predicted octanol–water partition coefficient (Wildman–Crippen LogP) is 2.62. The highest BCUT2D eigenvalue weighted by molar-refractivity contribution is 5.88. The van der Waals surface area contributed by atoms with E-state index >= 15 is 0 Å². The smallest absolute Gasteiger partial charge is 0.243 e. The van der Waals surface area contributed by atoms with Crippen molar-refractivity contribution in [3.8, 4) is 0 Å². The maximum absolute atomic E-state index is 12.6. The third-order valence-corrected chi connectivity index (χ3v) is 4.91. The molecule has 1 N–H and O–H groups in total. The highest BCUT2D eigenvalue weighted by atomic mass is 16.2. The zero-order chi connectivity index (χ0) is 13.3. The van der Waals surface area contributed by atoms with Crippen LogP contribution in [0.3, 0.4) is 0 Å². The minimum Gasteiger partial charge on any atom is -0.328 e. The average molecular weight is 252 g/mol. The number of nitrogens with one attached hydrogen (secondary N) is 1. The predicted molar refractivity (Wildman–Crippen MR) is 74.1 cm³/mol. The molecule has 3 heteroatoms. The Balaban J connectivity index is 2.01. The first-order valence-corrected chi connectivity index (χ1v) is 7.51. The number of amides is 1. The summed E-state index contributed by atoms with van der Waals surface area (Å²) in [7, 11) is 0. The third-order valence-electron chi connectivity index (χ3n) is 4.91. The Bertz CT molecular complexity index is 298. The van der Waals surface area contributed by atoms with Crippen LogP contribution in [0.1, 0.15) is 53.4 Å². The van der Waals surface area contributed by atoms with E-state index in [1.165, 1.54) is 12.8 Å². The van der Waals surface area contributed by atoms with Crippen molar-refractivity contribution >= 4 is 5.91 Å². The van der Waals surface area contributed by atoms with Crippen molar-refractivity contribution < 1.29 is 4.79 Å². The van der Waals surface area contributed by atoms with Crippen LogP contribution in [0.25, 0.3) is 0 Å². The van der Waals surface area contributed by atoms with Crippen LogP contribution in [-0.2, 0) is 4.79 Å². The highest BCUT2D eigenvalue weighted by Gasteiger charge is 2.48. The van der Waals surface area contributed by atoms with Gasteiger partial charge in [0.05, 0.1) is 12.2 Å². The lowest BCUT2D eigenvalue weighted by Gasteiger charge is -2.30. The van der Waals surface area contributed by atoms with Gasteiger partial charge < -0.3 is 4.90 Å². The average Bonchev–Trinajstić information content (AvgIpc) is 2.87. The molecule has 104 valence electrons. The van der Waals surface area contributed by atoms with Crippen LogP contribution in [0.5, 0.6) is 0 Å².